The highest BCUT2D eigenvalue weighted by molar-refractivity contribution is 5.13. The molecule has 0 heterocycles. The lowest BCUT2D eigenvalue weighted by molar-refractivity contribution is 0.0796. The van der Waals surface area contributed by atoms with Crippen LogP contribution in [-0.4, -0.2) is 31.5 Å². The first-order chi connectivity index (χ1) is 9.22. The number of hydrogen-bond acceptors (Lipinski definition) is 3. The van der Waals surface area contributed by atoms with Gasteiger partial charge in [-0.15, -0.1) is 0 Å². The molecule has 0 spiro atoms. The SMILES string of the molecule is C/C(=C\[C@@H](C)COCCO)COCc1ccccc1. The molecule has 3 nitrogen and oxygen atoms in total. The quantitative estimate of drug-likeness (QED) is 0.550. The van der Waals surface area contributed by atoms with E-state index in [1.807, 2.05) is 18.2 Å². The molecule has 1 aromatic rings. The molecular weight excluding hydrogens is 240 g/mol. The standard InChI is InChI=1S/C16H24O3/c1-14(11-18-9-8-17)10-15(2)12-19-13-16-6-4-3-5-7-16/h3-7,10,14,17H,8-9,11-13H2,1-2H3/b15-10+/t14-/m1/s1. The molecule has 0 unspecified atom stereocenters. The van der Waals surface area contributed by atoms with E-state index in [9.17, 15) is 0 Å². The minimum Gasteiger partial charge on any atom is -0.394 e. The molecule has 19 heavy (non-hydrogen) atoms. The molecule has 3 heteroatoms. The molecule has 1 aromatic carbocycles. The van der Waals surface area contributed by atoms with Gasteiger partial charge < -0.3 is 14.6 Å². The molecule has 0 aliphatic heterocycles. The fourth-order valence-corrected chi connectivity index (χ4v) is 1.82. The topological polar surface area (TPSA) is 38.7 Å². The lowest BCUT2D eigenvalue weighted by Crippen LogP contribution is -2.08. The Bertz CT molecular complexity index is 360. The van der Waals surface area contributed by atoms with E-state index in [4.69, 9.17) is 14.6 Å². The van der Waals surface area contributed by atoms with Crippen molar-refractivity contribution >= 4 is 0 Å². The van der Waals surface area contributed by atoms with Crippen molar-refractivity contribution in [3.05, 3.63) is 47.5 Å². The second-order valence-corrected chi connectivity index (χ2v) is 4.77. The minimum absolute atomic E-state index is 0.0790. The molecule has 1 N–H and O–H groups in total. The highest BCUT2D eigenvalue weighted by Gasteiger charge is 2.00. The Balaban J connectivity index is 2.20. The van der Waals surface area contributed by atoms with Crippen LogP contribution >= 0.6 is 0 Å². The summed E-state index contributed by atoms with van der Waals surface area (Å²) in [5, 5.41) is 8.63. The summed E-state index contributed by atoms with van der Waals surface area (Å²) < 4.78 is 10.9. The molecule has 0 saturated carbocycles. The van der Waals surface area contributed by atoms with Crippen molar-refractivity contribution in [3.8, 4) is 0 Å². The highest BCUT2D eigenvalue weighted by atomic mass is 16.5. The van der Waals surface area contributed by atoms with E-state index in [1.165, 1.54) is 11.1 Å². The van der Waals surface area contributed by atoms with Crippen LogP contribution in [0.1, 0.15) is 19.4 Å². The average molecular weight is 264 g/mol. The largest absolute Gasteiger partial charge is 0.394 e. The van der Waals surface area contributed by atoms with Crippen molar-refractivity contribution in [1.29, 1.82) is 0 Å². The van der Waals surface area contributed by atoms with Crippen LogP contribution in [0.5, 0.6) is 0 Å². The van der Waals surface area contributed by atoms with Crippen LogP contribution in [-0.2, 0) is 16.1 Å². The predicted octanol–water partition coefficient (Wildman–Crippen LogP) is 2.79. The fourth-order valence-electron chi connectivity index (χ4n) is 1.82. The van der Waals surface area contributed by atoms with Gasteiger partial charge in [0.15, 0.2) is 0 Å². The van der Waals surface area contributed by atoms with E-state index in [2.05, 4.69) is 32.1 Å². The van der Waals surface area contributed by atoms with Crippen LogP contribution in [0.3, 0.4) is 0 Å². The average Bonchev–Trinajstić information content (AvgIpc) is 2.40. The minimum atomic E-state index is 0.0790. The molecule has 0 fully saturated rings. The van der Waals surface area contributed by atoms with E-state index < -0.39 is 0 Å². The maximum atomic E-state index is 8.63. The lowest BCUT2D eigenvalue weighted by atomic mass is 10.1. The molecule has 0 saturated heterocycles. The summed E-state index contributed by atoms with van der Waals surface area (Å²) in [6, 6.07) is 10.2. The van der Waals surface area contributed by atoms with Gasteiger partial charge >= 0.3 is 0 Å². The Morgan fingerprint density at radius 1 is 1.26 bits per heavy atom. The van der Waals surface area contributed by atoms with Crippen LogP contribution in [0, 0.1) is 5.92 Å². The lowest BCUT2D eigenvalue weighted by Gasteiger charge is -2.09. The van der Waals surface area contributed by atoms with Gasteiger partial charge in [-0.25, -0.2) is 0 Å². The van der Waals surface area contributed by atoms with Crippen molar-refractivity contribution < 1.29 is 14.6 Å². The number of rotatable bonds is 9. The molecule has 0 aliphatic rings. The third-order valence-corrected chi connectivity index (χ3v) is 2.63. The van der Waals surface area contributed by atoms with Gasteiger partial charge in [0.25, 0.3) is 0 Å². The third kappa shape index (κ3) is 7.78. The van der Waals surface area contributed by atoms with Gasteiger partial charge in [-0.2, -0.15) is 0 Å². The maximum absolute atomic E-state index is 8.63. The third-order valence-electron chi connectivity index (χ3n) is 2.63. The summed E-state index contributed by atoms with van der Waals surface area (Å²) in [6.45, 7) is 6.56. The van der Waals surface area contributed by atoms with Gasteiger partial charge in [0.1, 0.15) is 0 Å². The maximum Gasteiger partial charge on any atom is 0.0721 e. The summed E-state index contributed by atoms with van der Waals surface area (Å²) in [5.74, 6) is 0.340. The van der Waals surface area contributed by atoms with Gasteiger partial charge in [0.2, 0.25) is 0 Å². The van der Waals surface area contributed by atoms with Crippen LogP contribution in [0.4, 0.5) is 0 Å². The summed E-state index contributed by atoms with van der Waals surface area (Å²) in [7, 11) is 0. The van der Waals surface area contributed by atoms with Crippen LogP contribution in [0.2, 0.25) is 0 Å². The zero-order valence-electron chi connectivity index (χ0n) is 11.8. The van der Waals surface area contributed by atoms with Crippen molar-refractivity contribution in [2.24, 2.45) is 5.92 Å². The number of benzene rings is 1. The first kappa shape index (κ1) is 15.9. The molecule has 0 amide bonds. The van der Waals surface area contributed by atoms with Gasteiger partial charge in [0, 0.05) is 0 Å². The first-order valence-corrected chi connectivity index (χ1v) is 6.70. The summed E-state index contributed by atoms with van der Waals surface area (Å²) >= 11 is 0. The molecule has 0 aliphatic carbocycles. The second kappa shape index (κ2) is 9.73. The molecule has 0 bridgehead atoms. The van der Waals surface area contributed by atoms with Crippen molar-refractivity contribution in [1.82, 2.24) is 0 Å². The van der Waals surface area contributed by atoms with E-state index >= 15 is 0 Å². The molecular formula is C16H24O3. The van der Waals surface area contributed by atoms with Crippen molar-refractivity contribution in [3.63, 3.8) is 0 Å². The Morgan fingerprint density at radius 3 is 2.68 bits per heavy atom. The Labute approximate surface area is 115 Å². The molecule has 1 atom stereocenters. The smallest absolute Gasteiger partial charge is 0.0721 e. The van der Waals surface area contributed by atoms with E-state index in [-0.39, 0.29) is 6.61 Å². The number of aliphatic hydroxyl groups excluding tert-OH is 1. The number of aliphatic hydroxyl groups is 1. The summed E-state index contributed by atoms with van der Waals surface area (Å²) in [5.41, 5.74) is 2.39. The van der Waals surface area contributed by atoms with Crippen LogP contribution in [0.25, 0.3) is 0 Å². The fraction of sp³-hybridized carbons (Fsp3) is 0.500. The number of ether oxygens (including phenoxy) is 2. The Kier molecular flexibility index (Phi) is 8.14. The van der Waals surface area contributed by atoms with E-state index in [0.29, 0.717) is 32.3 Å². The van der Waals surface area contributed by atoms with E-state index in [1.54, 1.807) is 0 Å². The normalized spacial score (nSPS) is 13.5. The van der Waals surface area contributed by atoms with Gasteiger partial charge in [-0.1, -0.05) is 48.9 Å². The second-order valence-electron chi connectivity index (χ2n) is 4.77. The first-order valence-electron chi connectivity index (χ1n) is 6.70. The molecule has 0 radical (unpaired) electrons. The molecule has 0 aromatic heterocycles. The molecule has 106 valence electrons. The summed E-state index contributed by atoms with van der Waals surface area (Å²) in [4.78, 5) is 0. The van der Waals surface area contributed by atoms with Gasteiger partial charge in [-0.05, 0) is 18.4 Å². The summed E-state index contributed by atoms with van der Waals surface area (Å²) in [6.07, 6.45) is 2.16. The molecule has 1 rings (SSSR count). The zero-order valence-corrected chi connectivity index (χ0v) is 11.8. The number of hydrogen-bond donors (Lipinski definition) is 1. The van der Waals surface area contributed by atoms with Crippen LogP contribution in [0.15, 0.2) is 42.0 Å². The monoisotopic (exact) mass is 264 g/mol. The van der Waals surface area contributed by atoms with Crippen molar-refractivity contribution in [2.45, 2.75) is 20.5 Å². The van der Waals surface area contributed by atoms with Crippen LogP contribution < -0.4 is 0 Å². The Hall–Kier alpha value is -1.16. The van der Waals surface area contributed by atoms with Crippen molar-refractivity contribution in [2.75, 3.05) is 26.4 Å². The highest BCUT2D eigenvalue weighted by Crippen LogP contribution is 2.06. The van der Waals surface area contributed by atoms with Gasteiger partial charge in [0.05, 0.1) is 33.0 Å². The van der Waals surface area contributed by atoms with Gasteiger partial charge in [-0.3, -0.25) is 0 Å². The zero-order chi connectivity index (χ0) is 13.9. The Morgan fingerprint density at radius 2 is 2.00 bits per heavy atom. The predicted molar refractivity (Wildman–Crippen MR) is 76.9 cm³/mol. The van der Waals surface area contributed by atoms with E-state index in [0.717, 1.165) is 0 Å².